The van der Waals surface area contributed by atoms with Crippen LogP contribution in [0.1, 0.15) is 11.7 Å². The molecule has 0 unspecified atom stereocenters. The molecule has 0 amide bonds. The van der Waals surface area contributed by atoms with Crippen LogP contribution in [0.2, 0.25) is 14.8 Å². The Morgan fingerprint density at radius 1 is 1.27 bits per heavy atom. The number of carbonyl (C=O) groups is 1. The first-order chi connectivity index (χ1) is 6.90. The minimum atomic E-state index is -2.62. The second-order valence-electron chi connectivity index (χ2n) is 4.35. The normalized spacial score (nSPS) is 13.3. The van der Waals surface area contributed by atoms with Crippen LogP contribution >= 0.6 is 0 Å². The van der Waals surface area contributed by atoms with Crippen LogP contribution < -0.4 is 0 Å². The average molecular weight is 315 g/mol. The second kappa shape index (κ2) is 4.98. The summed E-state index contributed by atoms with van der Waals surface area (Å²) in [5, 5.41) is 9.71. The fourth-order valence-corrected chi connectivity index (χ4v) is 3.17. The number of aliphatic hydroxyl groups excluding tert-OH is 1. The molecule has 3 nitrogen and oxygen atoms in total. The molecule has 0 aromatic heterocycles. The van der Waals surface area contributed by atoms with Gasteiger partial charge in [-0.05, 0) is 0 Å². The number of hydrogen-bond acceptors (Lipinski definition) is 3. The average Bonchev–Trinajstić information content (AvgIpc) is 2.15. The zero-order valence-corrected chi connectivity index (χ0v) is 12.1. The van der Waals surface area contributed by atoms with Gasteiger partial charge in [0.2, 0.25) is 0 Å². The van der Waals surface area contributed by atoms with Gasteiger partial charge >= 0.3 is 94.6 Å². The van der Waals surface area contributed by atoms with Gasteiger partial charge in [-0.15, -0.1) is 0 Å². The zero-order chi connectivity index (χ0) is 11.5. The van der Waals surface area contributed by atoms with Crippen LogP contribution in [0.25, 0.3) is 0 Å². The summed E-state index contributed by atoms with van der Waals surface area (Å²) in [7, 11) is 0. The molecule has 82 valence electrons. The Kier molecular flexibility index (Phi) is 4.16. The van der Waals surface area contributed by atoms with Crippen molar-refractivity contribution in [1.29, 1.82) is 0 Å². The van der Waals surface area contributed by atoms with Crippen LogP contribution in [0.3, 0.4) is 0 Å². The Hall–Kier alpha value is -0.551. The number of benzene rings is 1. The molecular formula is C11H16O3Sn. The number of aliphatic hydroxyl groups is 1. The van der Waals surface area contributed by atoms with Crippen molar-refractivity contribution in [3.8, 4) is 0 Å². The van der Waals surface area contributed by atoms with Crippen molar-refractivity contribution in [1.82, 2.24) is 0 Å². The fourth-order valence-electron chi connectivity index (χ4n) is 1.13. The molecule has 0 aliphatic heterocycles. The maximum atomic E-state index is 11.5. The summed E-state index contributed by atoms with van der Waals surface area (Å²) < 4.78 is 5.27. The van der Waals surface area contributed by atoms with Crippen molar-refractivity contribution in [2.75, 3.05) is 0 Å². The third-order valence-electron chi connectivity index (χ3n) is 1.75. The minimum absolute atomic E-state index is 0.524. The number of hydrogen-bond donors (Lipinski definition) is 1. The van der Waals surface area contributed by atoms with Crippen molar-refractivity contribution in [3.05, 3.63) is 35.9 Å². The van der Waals surface area contributed by atoms with Crippen molar-refractivity contribution in [2.45, 2.75) is 20.9 Å². The van der Waals surface area contributed by atoms with E-state index < -0.39 is 30.9 Å². The third-order valence-corrected chi connectivity index (χ3v) is 4.07. The van der Waals surface area contributed by atoms with Gasteiger partial charge < -0.3 is 0 Å². The summed E-state index contributed by atoms with van der Waals surface area (Å²) in [6.45, 7) is 0. The van der Waals surface area contributed by atoms with E-state index in [2.05, 4.69) is 0 Å². The van der Waals surface area contributed by atoms with Crippen molar-refractivity contribution in [3.63, 3.8) is 0 Å². The molecule has 4 heteroatoms. The molecular weight excluding hydrogens is 299 g/mol. The van der Waals surface area contributed by atoms with E-state index in [0.29, 0.717) is 5.56 Å². The quantitative estimate of drug-likeness (QED) is 0.869. The summed E-state index contributed by atoms with van der Waals surface area (Å²) in [5.74, 6) is -0.524. The molecule has 0 bridgehead atoms. The molecule has 0 aliphatic carbocycles. The Morgan fingerprint density at radius 3 is 2.27 bits per heavy atom. The molecule has 0 aliphatic rings. The topological polar surface area (TPSA) is 46.5 Å². The molecule has 0 radical (unpaired) electrons. The Morgan fingerprint density at radius 2 is 1.80 bits per heavy atom. The summed E-state index contributed by atoms with van der Waals surface area (Å²) in [4.78, 5) is 17.5. The number of carbonyl (C=O) groups excluding carboxylic acids is 1. The molecule has 0 saturated carbocycles. The van der Waals surface area contributed by atoms with Gasteiger partial charge in [-0.2, -0.15) is 0 Å². The molecule has 1 rings (SSSR count). The predicted octanol–water partition coefficient (Wildman–Crippen LogP) is 2.10. The Labute approximate surface area is 94.5 Å². The summed E-state index contributed by atoms with van der Waals surface area (Å²) in [5.41, 5.74) is 0.582. The zero-order valence-electron chi connectivity index (χ0n) is 9.23. The van der Waals surface area contributed by atoms with Gasteiger partial charge in [0.05, 0.1) is 0 Å². The monoisotopic (exact) mass is 316 g/mol. The molecule has 0 spiro atoms. The van der Waals surface area contributed by atoms with Gasteiger partial charge in [0.15, 0.2) is 0 Å². The maximum absolute atomic E-state index is 11.5. The standard InChI is InChI=1S/C8H8O3.3CH3.Sn/c9-7(8(10)11)6-4-2-1-3-5-6;;;;/h1-5,7,9H,(H,10,11);3*1H3;/q;;;;+1/p-1/t7-;;;;/m1..../s1. The van der Waals surface area contributed by atoms with E-state index in [9.17, 15) is 9.90 Å². The van der Waals surface area contributed by atoms with E-state index in [0.717, 1.165) is 0 Å². The summed E-state index contributed by atoms with van der Waals surface area (Å²) >= 11 is -2.62. The van der Waals surface area contributed by atoms with Crippen LogP contribution in [0.4, 0.5) is 0 Å². The molecule has 1 aromatic rings. The molecule has 0 heterocycles. The van der Waals surface area contributed by atoms with E-state index in [-0.39, 0.29) is 0 Å². The summed E-state index contributed by atoms with van der Waals surface area (Å²) in [6.07, 6.45) is -1.15. The van der Waals surface area contributed by atoms with Crippen molar-refractivity contribution < 1.29 is 13.0 Å². The Balaban J connectivity index is 2.70. The second-order valence-corrected chi connectivity index (χ2v) is 17.0. The first-order valence-corrected chi connectivity index (χ1v) is 14.6. The summed E-state index contributed by atoms with van der Waals surface area (Å²) in [6, 6.07) is 8.83. The van der Waals surface area contributed by atoms with Crippen LogP contribution in [0.5, 0.6) is 0 Å². The van der Waals surface area contributed by atoms with Crippen molar-refractivity contribution >= 4 is 24.8 Å². The van der Waals surface area contributed by atoms with Gasteiger partial charge in [-0.25, -0.2) is 0 Å². The number of rotatable bonds is 3. The van der Waals surface area contributed by atoms with Crippen molar-refractivity contribution in [2.24, 2.45) is 0 Å². The van der Waals surface area contributed by atoms with Crippen LogP contribution in [0.15, 0.2) is 30.3 Å². The molecule has 1 N–H and O–H groups in total. The van der Waals surface area contributed by atoms with Gasteiger partial charge in [-0.1, -0.05) is 0 Å². The molecule has 0 saturated heterocycles. The van der Waals surface area contributed by atoms with Gasteiger partial charge in [0.25, 0.3) is 0 Å². The van der Waals surface area contributed by atoms with E-state index >= 15 is 0 Å². The molecule has 1 atom stereocenters. The van der Waals surface area contributed by atoms with Crippen LogP contribution in [-0.2, 0) is 7.87 Å². The van der Waals surface area contributed by atoms with E-state index in [4.69, 9.17) is 3.07 Å². The molecule has 1 aromatic carbocycles. The van der Waals surface area contributed by atoms with Crippen LogP contribution in [0, 0.1) is 0 Å². The van der Waals surface area contributed by atoms with Gasteiger partial charge in [0, 0.05) is 0 Å². The van der Waals surface area contributed by atoms with E-state index in [1.807, 2.05) is 20.9 Å². The third kappa shape index (κ3) is 4.22. The van der Waals surface area contributed by atoms with Crippen LogP contribution in [-0.4, -0.2) is 29.9 Å². The molecule has 0 fully saturated rings. The predicted molar refractivity (Wildman–Crippen MR) is 60.8 cm³/mol. The first kappa shape index (κ1) is 12.5. The first-order valence-electron chi connectivity index (χ1n) is 4.86. The molecule has 15 heavy (non-hydrogen) atoms. The Bertz CT molecular complexity index is 329. The van der Waals surface area contributed by atoms with E-state index in [1.54, 1.807) is 24.3 Å². The SMILES string of the molecule is [CH3][Sn]([CH3])([CH3])[O]C(=O)[C@H](O)c1ccccc1. The van der Waals surface area contributed by atoms with E-state index in [1.165, 1.54) is 0 Å². The van der Waals surface area contributed by atoms with Gasteiger partial charge in [-0.3, -0.25) is 0 Å². The van der Waals surface area contributed by atoms with Gasteiger partial charge in [0.1, 0.15) is 0 Å². The fraction of sp³-hybridized carbons (Fsp3) is 0.364.